The summed E-state index contributed by atoms with van der Waals surface area (Å²) in [7, 11) is 0. The van der Waals surface area contributed by atoms with Crippen molar-refractivity contribution >= 4 is 34.1 Å². The second-order valence-corrected chi connectivity index (χ2v) is 4.69. The molecule has 1 aromatic rings. The summed E-state index contributed by atoms with van der Waals surface area (Å²) in [6.07, 6.45) is 0.245. The first kappa shape index (κ1) is 14.9. The number of nitrogens with zero attached hydrogens (tertiary/aromatic N) is 2. The molecule has 1 aromatic heterocycles. The Labute approximate surface area is 114 Å². The third-order valence-electron chi connectivity index (χ3n) is 1.99. The lowest BCUT2D eigenvalue weighted by atomic mass is 10.1. The lowest BCUT2D eigenvalue weighted by Crippen LogP contribution is -2.32. The normalized spacial score (nSPS) is 14.2. The van der Waals surface area contributed by atoms with Crippen molar-refractivity contribution in [3.8, 4) is 0 Å². The molecule has 1 rings (SSSR count). The highest BCUT2D eigenvalue weighted by Crippen LogP contribution is 2.24. The van der Waals surface area contributed by atoms with Gasteiger partial charge in [0.05, 0.1) is 0 Å². The third-order valence-corrected chi connectivity index (χ3v) is 2.86. The lowest BCUT2D eigenvalue weighted by molar-refractivity contribution is -0.138. The molecule has 104 valence electrons. The van der Waals surface area contributed by atoms with Crippen LogP contribution in [0.15, 0.2) is 21.5 Å². The quantitative estimate of drug-likeness (QED) is 0.280. The predicted molar refractivity (Wildman–Crippen MR) is 75.3 cm³/mol. The molecule has 8 nitrogen and oxygen atoms in total. The van der Waals surface area contributed by atoms with Gasteiger partial charge in [-0.3, -0.25) is 4.79 Å². The summed E-state index contributed by atoms with van der Waals surface area (Å²) in [4.78, 5) is 14.7. The number of carboxylic acids is 1. The van der Waals surface area contributed by atoms with E-state index in [-0.39, 0.29) is 12.4 Å². The molecule has 0 radical (unpaired) electrons. The van der Waals surface area contributed by atoms with Gasteiger partial charge in [0.25, 0.3) is 0 Å². The van der Waals surface area contributed by atoms with Gasteiger partial charge < -0.3 is 22.3 Å². The number of hydrazone groups is 1. The van der Waals surface area contributed by atoms with Crippen LogP contribution in [0.5, 0.6) is 0 Å². The standard InChI is InChI=1S/C10H16N6O2S/c1-5(11)15-16-10(13)14-8-3-6(4-19-8)2-7(12)9(17)18/h3-4,7H,2,12H2,1H3,(H2,11,15)(H,17,18)(H3,13,14,16). The fourth-order valence-corrected chi connectivity index (χ4v) is 1.97. The Morgan fingerprint density at radius 2 is 2.26 bits per heavy atom. The monoisotopic (exact) mass is 284 g/mol. The number of aliphatic imine (C=N–C) groups is 1. The summed E-state index contributed by atoms with van der Waals surface area (Å²) in [6, 6.07) is 0.799. The van der Waals surface area contributed by atoms with Gasteiger partial charge in [0.15, 0.2) is 0 Å². The molecule has 0 spiro atoms. The summed E-state index contributed by atoms with van der Waals surface area (Å²) < 4.78 is 0. The molecular weight excluding hydrogens is 268 g/mol. The highest BCUT2D eigenvalue weighted by atomic mass is 32.1. The van der Waals surface area contributed by atoms with Crippen molar-refractivity contribution in [3.63, 3.8) is 0 Å². The van der Waals surface area contributed by atoms with Crippen LogP contribution in [0.1, 0.15) is 12.5 Å². The van der Waals surface area contributed by atoms with Gasteiger partial charge in [0, 0.05) is 0 Å². The number of hydrogen-bond acceptors (Lipinski definition) is 5. The third kappa shape index (κ3) is 5.36. The Hall–Kier alpha value is -2.13. The van der Waals surface area contributed by atoms with Crippen LogP contribution in [-0.4, -0.2) is 28.9 Å². The van der Waals surface area contributed by atoms with Crippen LogP contribution in [0.2, 0.25) is 0 Å². The number of aliphatic carboxylic acids is 1. The van der Waals surface area contributed by atoms with E-state index in [1.54, 1.807) is 18.4 Å². The fourth-order valence-electron chi connectivity index (χ4n) is 1.16. The molecule has 8 N–H and O–H groups in total. The van der Waals surface area contributed by atoms with Crippen LogP contribution >= 0.6 is 11.3 Å². The first-order valence-corrected chi connectivity index (χ1v) is 6.22. The first-order chi connectivity index (χ1) is 8.88. The fraction of sp³-hybridized carbons (Fsp3) is 0.300. The van der Waals surface area contributed by atoms with Crippen molar-refractivity contribution in [1.82, 2.24) is 5.43 Å². The number of guanidine groups is 1. The Kier molecular flexibility index (Phi) is 5.27. The van der Waals surface area contributed by atoms with Crippen LogP contribution in [0.4, 0.5) is 5.00 Å². The number of thiophene rings is 1. The first-order valence-electron chi connectivity index (χ1n) is 5.34. The molecule has 0 saturated carbocycles. The number of nitrogens with one attached hydrogen (secondary N) is 1. The van der Waals surface area contributed by atoms with E-state index in [1.807, 2.05) is 0 Å². The van der Waals surface area contributed by atoms with Crippen LogP contribution < -0.4 is 22.6 Å². The van der Waals surface area contributed by atoms with Gasteiger partial charge in [0.1, 0.15) is 16.9 Å². The Bertz CT molecular complexity index is 506. The van der Waals surface area contributed by atoms with Crippen LogP contribution in [-0.2, 0) is 11.2 Å². The minimum absolute atomic E-state index is 0.0979. The van der Waals surface area contributed by atoms with Crippen LogP contribution in [0.3, 0.4) is 0 Å². The molecule has 1 atom stereocenters. The minimum Gasteiger partial charge on any atom is -0.480 e. The lowest BCUT2D eigenvalue weighted by Gasteiger charge is -2.02. The Morgan fingerprint density at radius 3 is 2.84 bits per heavy atom. The van der Waals surface area contributed by atoms with Crippen molar-refractivity contribution < 1.29 is 9.90 Å². The van der Waals surface area contributed by atoms with Gasteiger partial charge >= 0.3 is 5.97 Å². The zero-order valence-electron chi connectivity index (χ0n) is 10.3. The molecule has 0 bridgehead atoms. The second kappa shape index (κ2) is 6.71. The Morgan fingerprint density at radius 1 is 1.58 bits per heavy atom. The molecule has 9 heteroatoms. The van der Waals surface area contributed by atoms with Crippen molar-refractivity contribution in [2.45, 2.75) is 19.4 Å². The van der Waals surface area contributed by atoms with E-state index in [2.05, 4.69) is 15.5 Å². The average Bonchev–Trinajstić information content (AvgIpc) is 2.73. The zero-order chi connectivity index (χ0) is 14.4. The summed E-state index contributed by atoms with van der Waals surface area (Å²) in [5.74, 6) is -0.608. The summed E-state index contributed by atoms with van der Waals surface area (Å²) in [5.41, 5.74) is 19.6. The smallest absolute Gasteiger partial charge is 0.320 e. The number of rotatable bonds is 5. The number of nitrogens with two attached hydrogens (primary N) is 3. The predicted octanol–water partition coefficient (Wildman–Crippen LogP) is -0.470. The van der Waals surface area contributed by atoms with Gasteiger partial charge in [0.2, 0.25) is 5.96 Å². The number of carbonyl (C=O) groups is 1. The van der Waals surface area contributed by atoms with Crippen LogP contribution in [0.25, 0.3) is 0 Å². The highest BCUT2D eigenvalue weighted by molar-refractivity contribution is 7.14. The van der Waals surface area contributed by atoms with Gasteiger partial charge in [-0.15, -0.1) is 11.3 Å². The average molecular weight is 284 g/mol. The largest absolute Gasteiger partial charge is 0.480 e. The van der Waals surface area contributed by atoms with Crippen LogP contribution in [0, 0.1) is 0 Å². The molecule has 0 aliphatic carbocycles. The van der Waals surface area contributed by atoms with Gasteiger partial charge in [-0.2, -0.15) is 5.10 Å². The van der Waals surface area contributed by atoms with Crippen molar-refractivity contribution in [2.24, 2.45) is 27.3 Å². The van der Waals surface area contributed by atoms with Crippen molar-refractivity contribution in [3.05, 3.63) is 17.0 Å². The molecule has 0 fully saturated rings. The topological polar surface area (TPSA) is 152 Å². The summed E-state index contributed by atoms with van der Waals surface area (Å²) in [6.45, 7) is 1.61. The van der Waals surface area contributed by atoms with E-state index < -0.39 is 12.0 Å². The zero-order valence-corrected chi connectivity index (χ0v) is 11.1. The van der Waals surface area contributed by atoms with E-state index >= 15 is 0 Å². The van der Waals surface area contributed by atoms with Gasteiger partial charge in [-0.25, -0.2) is 10.4 Å². The Balaban J connectivity index is 2.66. The molecule has 19 heavy (non-hydrogen) atoms. The minimum atomic E-state index is -1.04. The molecule has 0 aliphatic rings. The van der Waals surface area contributed by atoms with Gasteiger partial charge in [-0.1, -0.05) is 0 Å². The molecule has 0 aliphatic heterocycles. The SMILES string of the molecule is C/C(N)=N/N/C(N)=N\c1cc(CC(N)C(=O)O)cs1. The molecule has 0 saturated heterocycles. The molecule has 1 heterocycles. The van der Waals surface area contributed by atoms with Gasteiger partial charge in [-0.05, 0) is 30.4 Å². The van der Waals surface area contributed by atoms with Crippen molar-refractivity contribution in [2.75, 3.05) is 0 Å². The number of amidine groups is 1. The van der Waals surface area contributed by atoms with Crippen molar-refractivity contribution in [1.29, 1.82) is 0 Å². The molecule has 1 unspecified atom stereocenters. The highest BCUT2D eigenvalue weighted by Gasteiger charge is 2.13. The maximum atomic E-state index is 10.6. The summed E-state index contributed by atoms with van der Waals surface area (Å²) >= 11 is 1.33. The van der Waals surface area contributed by atoms with E-state index in [4.69, 9.17) is 22.3 Å². The maximum absolute atomic E-state index is 10.6. The van der Waals surface area contributed by atoms with E-state index in [0.29, 0.717) is 10.8 Å². The van der Waals surface area contributed by atoms with E-state index in [9.17, 15) is 4.79 Å². The number of carboxylic acid groups (broad SMARTS) is 1. The molecule has 0 amide bonds. The van der Waals surface area contributed by atoms with E-state index in [1.165, 1.54) is 11.3 Å². The number of hydrogen-bond donors (Lipinski definition) is 5. The second-order valence-electron chi connectivity index (χ2n) is 3.80. The maximum Gasteiger partial charge on any atom is 0.320 e. The van der Waals surface area contributed by atoms with E-state index in [0.717, 1.165) is 5.56 Å². The molecule has 0 aromatic carbocycles. The summed E-state index contributed by atoms with van der Waals surface area (Å²) in [5, 5.41) is 14.8. The molecular formula is C10H16N6O2S.